The lowest BCUT2D eigenvalue weighted by Crippen LogP contribution is -2.39. The number of aromatic nitrogens is 1. The van der Waals surface area contributed by atoms with Crippen LogP contribution in [0.3, 0.4) is 0 Å². The molecular formula is C18H18Cl2N2O3. The van der Waals surface area contributed by atoms with Gasteiger partial charge in [0.1, 0.15) is 12.1 Å². The van der Waals surface area contributed by atoms with Crippen LogP contribution in [0, 0.1) is 5.92 Å². The highest BCUT2D eigenvalue weighted by atomic mass is 35.5. The maximum Gasteiger partial charge on any atom is 0.407 e. The molecule has 0 bridgehead atoms. The first-order valence-corrected chi connectivity index (χ1v) is 8.76. The monoisotopic (exact) mass is 380 g/mol. The number of amides is 1. The topological polar surface area (TPSA) is 73.7 Å². The Balaban J connectivity index is 2.00. The summed E-state index contributed by atoms with van der Waals surface area (Å²) < 4.78 is 0. The van der Waals surface area contributed by atoms with Crippen molar-refractivity contribution in [3.63, 3.8) is 0 Å². The number of hydrogen-bond acceptors (Lipinski definition) is 3. The number of benzene rings is 1. The summed E-state index contributed by atoms with van der Waals surface area (Å²) in [4.78, 5) is 17.4. The van der Waals surface area contributed by atoms with Gasteiger partial charge >= 0.3 is 6.09 Å². The quantitative estimate of drug-likeness (QED) is 0.770. The van der Waals surface area contributed by atoms with Crippen LogP contribution >= 0.6 is 23.2 Å². The molecule has 1 heterocycles. The molecule has 132 valence electrons. The second-order valence-electron chi connectivity index (χ2n) is 6.22. The summed E-state index contributed by atoms with van der Waals surface area (Å²) in [6.45, 7) is 0.363. The van der Waals surface area contributed by atoms with E-state index in [4.69, 9.17) is 23.2 Å². The first-order valence-electron chi connectivity index (χ1n) is 8.00. The minimum Gasteiger partial charge on any atom is -0.465 e. The molecule has 2 N–H and O–H groups in total. The number of aliphatic hydroxyl groups excluding tert-OH is 1. The molecule has 2 aromatic rings. The fourth-order valence-electron chi connectivity index (χ4n) is 2.82. The summed E-state index contributed by atoms with van der Waals surface area (Å²) in [5.41, 5.74) is 0.983. The second-order valence-corrected chi connectivity index (χ2v) is 7.10. The van der Waals surface area contributed by atoms with Crippen molar-refractivity contribution < 1.29 is 15.0 Å². The molecule has 25 heavy (non-hydrogen) atoms. The molecule has 1 aromatic heterocycles. The Hall–Kier alpha value is -1.82. The number of pyridine rings is 1. The second kappa shape index (κ2) is 7.60. The molecule has 1 aliphatic carbocycles. The van der Waals surface area contributed by atoms with Crippen molar-refractivity contribution in [2.75, 3.05) is 6.54 Å². The molecule has 7 heteroatoms. The van der Waals surface area contributed by atoms with Crippen molar-refractivity contribution in [3.05, 3.63) is 63.9 Å². The normalized spacial score (nSPS) is 16.3. The molecule has 0 radical (unpaired) electrons. The Bertz CT molecular complexity index is 750. The maximum atomic E-state index is 11.9. The summed E-state index contributed by atoms with van der Waals surface area (Å²) >= 11 is 11.9. The van der Waals surface area contributed by atoms with E-state index >= 15 is 0 Å². The van der Waals surface area contributed by atoms with Gasteiger partial charge in [-0.25, -0.2) is 4.79 Å². The summed E-state index contributed by atoms with van der Waals surface area (Å²) in [5, 5.41) is 21.6. The van der Waals surface area contributed by atoms with E-state index in [1.54, 1.807) is 36.4 Å². The van der Waals surface area contributed by atoms with Crippen molar-refractivity contribution >= 4 is 29.3 Å². The van der Waals surface area contributed by atoms with E-state index in [0.29, 0.717) is 33.8 Å². The van der Waals surface area contributed by atoms with Crippen molar-refractivity contribution in [1.82, 2.24) is 9.88 Å². The van der Waals surface area contributed by atoms with Crippen LogP contribution in [0.15, 0.2) is 42.6 Å². The third-order valence-electron chi connectivity index (χ3n) is 4.28. The van der Waals surface area contributed by atoms with E-state index in [-0.39, 0.29) is 0 Å². The Morgan fingerprint density at radius 1 is 1.24 bits per heavy atom. The lowest BCUT2D eigenvalue weighted by molar-refractivity contribution is 0.0423. The highest BCUT2D eigenvalue weighted by Crippen LogP contribution is 2.38. The molecule has 0 saturated heterocycles. The molecule has 0 spiro atoms. The molecule has 1 aliphatic rings. The molecule has 1 aromatic carbocycles. The number of nitrogens with zero attached hydrogens (tertiary/aromatic N) is 2. The smallest absolute Gasteiger partial charge is 0.407 e. The van der Waals surface area contributed by atoms with Crippen LogP contribution in [-0.4, -0.2) is 32.7 Å². The number of aliphatic hydroxyl groups is 1. The first-order chi connectivity index (χ1) is 12.0. The average Bonchev–Trinajstić information content (AvgIpc) is 3.39. The van der Waals surface area contributed by atoms with Gasteiger partial charge in [0.2, 0.25) is 0 Å². The summed E-state index contributed by atoms with van der Waals surface area (Å²) in [6.07, 6.45) is 1.26. The minimum absolute atomic E-state index is 0.331. The Morgan fingerprint density at radius 3 is 2.56 bits per heavy atom. The summed E-state index contributed by atoms with van der Waals surface area (Å²) in [6, 6.07) is 9.21. The molecular weight excluding hydrogens is 363 g/mol. The molecule has 1 amide bonds. The van der Waals surface area contributed by atoms with Crippen molar-refractivity contribution in [2.45, 2.75) is 25.0 Å². The third kappa shape index (κ3) is 4.42. The highest BCUT2D eigenvalue weighted by Gasteiger charge is 2.37. The SMILES string of the molecule is O=C(O)N(CC1CC1)C(c1ccc(Cl)cn1)[C@H](O)c1cccc(Cl)c1. The zero-order chi connectivity index (χ0) is 18.0. The minimum atomic E-state index is -1.10. The number of carboxylic acid groups (broad SMARTS) is 1. The van der Waals surface area contributed by atoms with Gasteiger partial charge in [-0.2, -0.15) is 0 Å². The van der Waals surface area contributed by atoms with Crippen molar-refractivity contribution in [3.8, 4) is 0 Å². The predicted octanol–water partition coefficient (Wildman–Crippen LogP) is 4.55. The van der Waals surface area contributed by atoms with E-state index in [9.17, 15) is 15.0 Å². The first kappa shape index (κ1) is 18.0. The van der Waals surface area contributed by atoms with Crippen molar-refractivity contribution in [2.24, 2.45) is 5.92 Å². The van der Waals surface area contributed by atoms with Gasteiger partial charge < -0.3 is 10.2 Å². The lowest BCUT2D eigenvalue weighted by atomic mass is 9.97. The Kier molecular flexibility index (Phi) is 5.47. The molecule has 1 fully saturated rings. The van der Waals surface area contributed by atoms with E-state index < -0.39 is 18.2 Å². The number of halogens is 2. The maximum absolute atomic E-state index is 11.9. The average molecular weight is 381 g/mol. The van der Waals surface area contributed by atoms with Crippen LogP contribution in [0.25, 0.3) is 0 Å². The number of rotatable bonds is 6. The molecule has 2 atom stereocenters. The van der Waals surface area contributed by atoms with Crippen LogP contribution in [0.1, 0.15) is 36.2 Å². The zero-order valence-corrected chi connectivity index (χ0v) is 14.9. The van der Waals surface area contributed by atoms with Crippen molar-refractivity contribution in [1.29, 1.82) is 0 Å². The Morgan fingerprint density at radius 2 is 2.00 bits per heavy atom. The van der Waals surface area contributed by atoms with Gasteiger partial charge in [0.25, 0.3) is 0 Å². The number of hydrogen-bond donors (Lipinski definition) is 2. The van der Waals surface area contributed by atoms with Gasteiger partial charge in [0.15, 0.2) is 0 Å². The third-order valence-corrected chi connectivity index (χ3v) is 4.73. The van der Waals surface area contributed by atoms with Gasteiger partial charge in [-0.05, 0) is 48.6 Å². The predicted molar refractivity (Wildman–Crippen MR) is 95.9 cm³/mol. The number of carbonyl (C=O) groups is 1. The van der Waals surface area contributed by atoms with Gasteiger partial charge in [0.05, 0.1) is 10.7 Å². The molecule has 0 aliphatic heterocycles. The van der Waals surface area contributed by atoms with E-state index in [2.05, 4.69) is 4.98 Å². The molecule has 3 rings (SSSR count). The van der Waals surface area contributed by atoms with Gasteiger partial charge in [-0.1, -0.05) is 35.3 Å². The summed E-state index contributed by atoms with van der Waals surface area (Å²) in [5.74, 6) is 0.331. The largest absolute Gasteiger partial charge is 0.465 e. The van der Waals surface area contributed by atoms with Gasteiger partial charge in [-0.15, -0.1) is 0 Å². The van der Waals surface area contributed by atoms with Gasteiger partial charge in [0, 0.05) is 17.8 Å². The standard InChI is InChI=1S/C18H18Cl2N2O3/c19-13-3-1-2-12(8-13)17(23)16(15-7-6-14(20)9-21-15)22(18(24)25)10-11-4-5-11/h1-3,6-9,11,16-17,23H,4-5,10H2,(H,24,25)/t16?,17-/m1/s1. The van der Waals surface area contributed by atoms with E-state index in [0.717, 1.165) is 12.8 Å². The summed E-state index contributed by atoms with van der Waals surface area (Å²) in [7, 11) is 0. The molecule has 5 nitrogen and oxygen atoms in total. The van der Waals surface area contributed by atoms with Crippen LogP contribution in [-0.2, 0) is 0 Å². The molecule has 1 unspecified atom stereocenters. The fourth-order valence-corrected chi connectivity index (χ4v) is 3.13. The van der Waals surface area contributed by atoms with Crippen LogP contribution in [0.5, 0.6) is 0 Å². The molecule has 1 saturated carbocycles. The van der Waals surface area contributed by atoms with E-state index in [1.807, 2.05) is 0 Å². The van der Waals surface area contributed by atoms with Crippen LogP contribution in [0.2, 0.25) is 10.0 Å². The van der Waals surface area contributed by atoms with E-state index in [1.165, 1.54) is 11.1 Å². The van der Waals surface area contributed by atoms with Crippen LogP contribution < -0.4 is 0 Å². The highest BCUT2D eigenvalue weighted by molar-refractivity contribution is 6.30. The Labute approximate surface area is 155 Å². The zero-order valence-electron chi connectivity index (χ0n) is 13.3. The lowest BCUT2D eigenvalue weighted by Gasteiger charge is -2.33. The fraction of sp³-hybridized carbons (Fsp3) is 0.333. The van der Waals surface area contributed by atoms with Crippen LogP contribution in [0.4, 0.5) is 4.79 Å². The van der Waals surface area contributed by atoms with Gasteiger partial charge in [-0.3, -0.25) is 9.88 Å².